The lowest BCUT2D eigenvalue weighted by Gasteiger charge is -2.05. The fourth-order valence-electron chi connectivity index (χ4n) is 2.13. The Hall–Kier alpha value is -3.41. The average Bonchev–Trinajstić information content (AvgIpc) is 2.70. The van der Waals surface area contributed by atoms with Crippen molar-refractivity contribution in [1.82, 2.24) is 10.6 Å². The first-order chi connectivity index (χ1) is 12.6. The van der Waals surface area contributed by atoms with Gasteiger partial charge in [0.1, 0.15) is 0 Å². The lowest BCUT2D eigenvalue weighted by atomic mass is 10.1. The van der Waals surface area contributed by atoms with Crippen LogP contribution in [0.1, 0.15) is 26.3 Å². The molecular weight excluding hydrogens is 332 g/mol. The van der Waals surface area contributed by atoms with Crippen molar-refractivity contribution in [2.24, 2.45) is 0 Å². The van der Waals surface area contributed by atoms with E-state index in [1.165, 1.54) is 13.2 Å². The molecule has 134 valence electrons. The van der Waals surface area contributed by atoms with Crippen molar-refractivity contribution in [2.75, 3.05) is 20.2 Å². The second kappa shape index (κ2) is 9.78. The molecule has 0 fully saturated rings. The van der Waals surface area contributed by atoms with E-state index in [0.717, 1.165) is 5.56 Å². The Kier molecular flexibility index (Phi) is 7.12. The standard InChI is InChI=1S/C20H20N2O4/c1-26-20(25)17-10-7-15(8-11-17)9-12-18(23)21-13-14-22-19(24)16-5-3-2-4-6-16/h2-12H,13-14H2,1H3,(H,21,23)(H,22,24)/b12-9+. The highest BCUT2D eigenvalue weighted by Gasteiger charge is 2.04. The van der Waals surface area contributed by atoms with E-state index >= 15 is 0 Å². The van der Waals surface area contributed by atoms with Crippen LogP contribution in [0, 0.1) is 0 Å². The van der Waals surface area contributed by atoms with Gasteiger partial charge in [0, 0.05) is 24.7 Å². The summed E-state index contributed by atoms with van der Waals surface area (Å²) in [6.07, 6.45) is 3.03. The lowest BCUT2D eigenvalue weighted by Crippen LogP contribution is -2.33. The molecule has 2 amide bonds. The van der Waals surface area contributed by atoms with Crippen LogP contribution in [0.3, 0.4) is 0 Å². The third-order valence-corrected chi connectivity index (χ3v) is 3.50. The highest BCUT2D eigenvalue weighted by Crippen LogP contribution is 2.07. The molecule has 0 heterocycles. The monoisotopic (exact) mass is 352 g/mol. The summed E-state index contributed by atoms with van der Waals surface area (Å²) in [5, 5.41) is 5.41. The molecular formula is C20H20N2O4. The van der Waals surface area contributed by atoms with Crippen LogP contribution in [-0.4, -0.2) is 38.0 Å². The van der Waals surface area contributed by atoms with Crippen LogP contribution in [0.2, 0.25) is 0 Å². The summed E-state index contributed by atoms with van der Waals surface area (Å²) in [4.78, 5) is 34.9. The Bertz CT molecular complexity index is 783. The summed E-state index contributed by atoms with van der Waals surface area (Å²) >= 11 is 0. The van der Waals surface area contributed by atoms with E-state index < -0.39 is 5.97 Å². The average molecular weight is 352 g/mol. The number of benzene rings is 2. The SMILES string of the molecule is COC(=O)c1ccc(/C=C/C(=O)NCCNC(=O)c2ccccc2)cc1. The van der Waals surface area contributed by atoms with Crippen molar-refractivity contribution < 1.29 is 19.1 Å². The molecule has 26 heavy (non-hydrogen) atoms. The van der Waals surface area contributed by atoms with Gasteiger partial charge in [-0.2, -0.15) is 0 Å². The Morgan fingerprint density at radius 2 is 1.54 bits per heavy atom. The van der Waals surface area contributed by atoms with E-state index in [1.807, 2.05) is 6.07 Å². The summed E-state index contributed by atoms with van der Waals surface area (Å²) in [6.45, 7) is 0.657. The van der Waals surface area contributed by atoms with E-state index in [1.54, 1.807) is 54.6 Å². The van der Waals surface area contributed by atoms with Gasteiger partial charge in [-0.3, -0.25) is 9.59 Å². The van der Waals surface area contributed by atoms with Crippen LogP contribution in [-0.2, 0) is 9.53 Å². The molecule has 0 aliphatic carbocycles. The summed E-state index contributed by atoms with van der Waals surface area (Å²) in [5.74, 6) is -0.854. The maximum absolute atomic E-state index is 11.8. The van der Waals surface area contributed by atoms with Crippen LogP contribution in [0.15, 0.2) is 60.7 Å². The van der Waals surface area contributed by atoms with Crippen LogP contribution in [0.25, 0.3) is 6.08 Å². The molecule has 2 aromatic carbocycles. The molecule has 6 heteroatoms. The maximum atomic E-state index is 11.8. The van der Waals surface area contributed by atoms with Crippen LogP contribution < -0.4 is 10.6 Å². The van der Waals surface area contributed by atoms with Gasteiger partial charge >= 0.3 is 5.97 Å². The number of hydrogen-bond donors (Lipinski definition) is 2. The molecule has 0 spiro atoms. The first-order valence-corrected chi connectivity index (χ1v) is 8.07. The van der Waals surface area contributed by atoms with Gasteiger partial charge in [0.2, 0.25) is 5.91 Å². The van der Waals surface area contributed by atoms with Gasteiger partial charge in [-0.1, -0.05) is 30.3 Å². The number of ether oxygens (including phenoxy) is 1. The number of hydrogen-bond acceptors (Lipinski definition) is 4. The molecule has 6 nitrogen and oxygen atoms in total. The fraction of sp³-hybridized carbons (Fsp3) is 0.150. The zero-order valence-corrected chi connectivity index (χ0v) is 14.4. The van der Waals surface area contributed by atoms with E-state index in [2.05, 4.69) is 15.4 Å². The summed E-state index contributed by atoms with van der Waals surface area (Å²) < 4.78 is 4.62. The highest BCUT2D eigenvalue weighted by atomic mass is 16.5. The third kappa shape index (κ3) is 5.90. The zero-order chi connectivity index (χ0) is 18.8. The second-order valence-corrected chi connectivity index (χ2v) is 5.36. The molecule has 0 unspecified atom stereocenters. The highest BCUT2D eigenvalue weighted by molar-refractivity contribution is 5.94. The zero-order valence-electron chi connectivity index (χ0n) is 14.4. The van der Waals surface area contributed by atoms with Crippen molar-refractivity contribution in [2.45, 2.75) is 0 Å². The molecule has 0 aliphatic rings. The second-order valence-electron chi connectivity index (χ2n) is 5.36. The number of methoxy groups -OCH3 is 1. The number of nitrogens with one attached hydrogen (secondary N) is 2. The number of esters is 1. The number of carbonyl (C=O) groups is 3. The normalized spacial score (nSPS) is 10.3. The minimum Gasteiger partial charge on any atom is -0.465 e. The summed E-state index contributed by atoms with van der Waals surface area (Å²) in [7, 11) is 1.32. The predicted molar refractivity (Wildman–Crippen MR) is 98.6 cm³/mol. The largest absolute Gasteiger partial charge is 0.465 e. The molecule has 0 saturated heterocycles. The minimum absolute atomic E-state index is 0.180. The van der Waals surface area contributed by atoms with Crippen molar-refractivity contribution >= 4 is 23.9 Å². The van der Waals surface area contributed by atoms with Crippen LogP contribution >= 0.6 is 0 Å². The Morgan fingerprint density at radius 1 is 0.885 bits per heavy atom. The van der Waals surface area contributed by atoms with E-state index in [0.29, 0.717) is 24.2 Å². The minimum atomic E-state index is -0.407. The van der Waals surface area contributed by atoms with Gasteiger partial charge in [-0.05, 0) is 35.9 Å². The van der Waals surface area contributed by atoms with Crippen molar-refractivity contribution in [3.8, 4) is 0 Å². The van der Waals surface area contributed by atoms with Gasteiger partial charge in [-0.15, -0.1) is 0 Å². The molecule has 0 atom stereocenters. The van der Waals surface area contributed by atoms with Crippen LogP contribution in [0.5, 0.6) is 0 Å². The van der Waals surface area contributed by atoms with Gasteiger partial charge in [0.15, 0.2) is 0 Å². The Labute approximate surface area is 151 Å². The van der Waals surface area contributed by atoms with Gasteiger partial charge < -0.3 is 15.4 Å². The molecule has 0 aromatic heterocycles. The first-order valence-electron chi connectivity index (χ1n) is 8.07. The quantitative estimate of drug-likeness (QED) is 0.454. The Balaban J connectivity index is 1.72. The molecule has 2 rings (SSSR count). The van der Waals surface area contributed by atoms with Crippen LogP contribution in [0.4, 0.5) is 0 Å². The third-order valence-electron chi connectivity index (χ3n) is 3.50. The van der Waals surface area contributed by atoms with Gasteiger partial charge in [-0.25, -0.2) is 4.79 Å². The molecule has 0 bridgehead atoms. The summed E-state index contributed by atoms with van der Waals surface area (Å²) in [5.41, 5.74) is 1.81. The molecule has 0 radical (unpaired) electrons. The van der Waals surface area contributed by atoms with Crippen molar-refractivity contribution in [3.63, 3.8) is 0 Å². The fourth-order valence-corrected chi connectivity index (χ4v) is 2.13. The maximum Gasteiger partial charge on any atom is 0.337 e. The van der Waals surface area contributed by atoms with Crippen molar-refractivity contribution in [1.29, 1.82) is 0 Å². The number of rotatable bonds is 7. The molecule has 2 N–H and O–H groups in total. The van der Waals surface area contributed by atoms with Gasteiger partial charge in [0.05, 0.1) is 12.7 Å². The molecule has 0 saturated carbocycles. The van der Waals surface area contributed by atoms with E-state index in [9.17, 15) is 14.4 Å². The number of amides is 2. The smallest absolute Gasteiger partial charge is 0.337 e. The predicted octanol–water partition coefficient (Wildman–Crippen LogP) is 2.03. The lowest BCUT2D eigenvalue weighted by molar-refractivity contribution is -0.116. The Morgan fingerprint density at radius 3 is 2.19 bits per heavy atom. The summed E-state index contributed by atoms with van der Waals surface area (Å²) in [6, 6.07) is 15.6. The number of carbonyl (C=O) groups excluding carboxylic acids is 3. The topological polar surface area (TPSA) is 84.5 Å². The van der Waals surface area contributed by atoms with Crippen molar-refractivity contribution in [3.05, 3.63) is 77.4 Å². The molecule has 0 aliphatic heterocycles. The van der Waals surface area contributed by atoms with E-state index in [-0.39, 0.29) is 11.8 Å². The molecule has 2 aromatic rings. The van der Waals surface area contributed by atoms with Gasteiger partial charge in [0.25, 0.3) is 5.91 Å². The first kappa shape index (κ1) is 18.9. The van der Waals surface area contributed by atoms with E-state index in [4.69, 9.17) is 0 Å².